The van der Waals surface area contributed by atoms with Gasteiger partial charge in [0, 0.05) is 7.05 Å². The summed E-state index contributed by atoms with van der Waals surface area (Å²) < 4.78 is 5.56. The van der Waals surface area contributed by atoms with E-state index in [1.165, 1.54) is 0 Å². The average molecular weight is 258 g/mol. The van der Waals surface area contributed by atoms with Crippen LogP contribution in [0.3, 0.4) is 0 Å². The highest BCUT2D eigenvalue weighted by Crippen LogP contribution is 2.23. The summed E-state index contributed by atoms with van der Waals surface area (Å²) in [4.78, 5) is 10.3. The van der Waals surface area contributed by atoms with Crippen LogP contribution in [0, 0.1) is 6.92 Å². The van der Waals surface area contributed by atoms with Gasteiger partial charge in [-0.05, 0) is 19.1 Å². The van der Waals surface area contributed by atoms with Crippen molar-refractivity contribution in [3.63, 3.8) is 0 Å². The maximum atomic E-state index is 5.70. The van der Waals surface area contributed by atoms with E-state index in [1.54, 1.807) is 6.20 Å². The minimum absolute atomic E-state index is 0.217. The second-order valence-corrected chi connectivity index (χ2v) is 4.41. The molecule has 0 saturated carbocycles. The van der Waals surface area contributed by atoms with Gasteiger partial charge < -0.3 is 15.1 Å². The molecule has 0 atom stereocenters. The zero-order valence-corrected chi connectivity index (χ0v) is 10.7. The molecular weight excluding hydrogens is 244 g/mol. The van der Waals surface area contributed by atoms with Crippen molar-refractivity contribution in [2.24, 2.45) is 0 Å². The Kier molecular flexibility index (Phi) is 2.59. The zero-order valence-electron chi connectivity index (χ0n) is 10.7. The molecule has 0 radical (unpaired) electrons. The predicted octanol–water partition coefficient (Wildman–Crippen LogP) is 1.47. The third-order valence-corrected chi connectivity index (χ3v) is 2.86. The summed E-state index contributed by atoms with van der Waals surface area (Å²) in [5.41, 5.74) is 6.33. The van der Waals surface area contributed by atoms with Crippen LogP contribution in [0.15, 0.2) is 22.7 Å². The molecule has 0 amide bonds. The van der Waals surface area contributed by atoms with Crippen molar-refractivity contribution in [1.29, 1.82) is 0 Å². The molecule has 0 aliphatic rings. The van der Waals surface area contributed by atoms with E-state index >= 15 is 0 Å². The second kappa shape index (κ2) is 4.27. The largest absolute Gasteiger partial charge is 0.464 e. The monoisotopic (exact) mass is 258 g/mol. The van der Waals surface area contributed by atoms with Gasteiger partial charge in [-0.2, -0.15) is 15.1 Å². The number of hydrogen-bond acceptors (Lipinski definition) is 6. The molecule has 7 heteroatoms. The number of nitrogens with zero attached hydrogens (tertiary/aromatic N) is 4. The Hall–Kier alpha value is -2.57. The van der Waals surface area contributed by atoms with Crippen molar-refractivity contribution >= 4 is 22.8 Å². The van der Waals surface area contributed by atoms with E-state index in [2.05, 4.69) is 20.2 Å². The van der Waals surface area contributed by atoms with Crippen LogP contribution in [0.2, 0.25) is 0 Å². The highest BCUT2D eigenvalue weighted by Gasteiger charge is 2.13. The maximum absolute atomic E-state index is 5.70. The van der Waals surface area contributed by atoms with Crippen molar-refractivity contribution in [2.75, 3.05) is 17.7 Å². The number of aromatic amines is 1. The van der Waals surface area contributed by atoms with E-state index < -0.39 is 0 Å². The van der Waals surface area contributed by atoms with Gasteiger partial charge in [-0.15, -0.1) is 0 Å². The molecule has 0 bridgehead atoms. The molecular formula is C12H14N6O. The van der Waals surface area contributed by atoms with Gasteiger partial charge in [0.1, 0.15) is 17.3 Å². The molecule has 0 aliphatic carbocycles. The number of H-pyrrole nitrogens is 1. The molecule has 19 heavy (non-hydrogen) atoms. The van der Waals surface area contributed by atoms with Gasteiger partial charge in [-0.25, -0.2) is 0 Å². The van der Waals surface area contributed by atoms with E-state index in [0.29, 0.717) is 12.2 Å². The number of rotatable bonds is 3. The summed E-state index contributed by atoms with van der Waals surface area (Å²) in [7, 11) is 1.92. The van der Waals surface area contributed by atoms with Crippen molar-refractivity contribution in [1.82, 2.24) is 20.2 Å². The lowest BCUT2D eigenvalue weighted by molar-refractivity contribution is 0.481. The molecule has 3 heterocycles. The molecule has 98 valence electrons. The van der Waals surface area contributed by atoms with Crippen LogP contribution in [-0.4, -0.2) is 27.2 Å². The molecule has 0 saturated heterocycles. The smallest absolute Gasteiger partial charge is 0.224 e. The van der Waals surface area contributed by atoms with Crippen LogP contribution >= 0.6 is 0 Å². The number of nitrogens with two attached hydrogens (primary N) is 1. The van der Waals surface area contributed by atoms with Crippen molar-refractivity contribution in [2.45, 2.75) is 13.5 Å². The Balaban J connectivity index is 1.96. The lowest BCUT2D eigenvalue weighted by Crippen LogP contribution is -2.18. The van der Waals surface area contributed by atoms with Gasteiger partial charge >= 0.3 is 0 Å². The van der Waals surface area contributed by atoms with Gasteiger partial charge in [0.05, 0.1) is 18.1 Å². The summed E-state index contributed by atoms with van der Waals surface area (Å²) in [6, 6.07) is 3.88. The minimum atomic E-state index is 0.217. The number of anilines is 2. The standard InChI is InChI=1S/C12H14N6O/c1-7-3-4-8(19-7)6-18(2)11-9-5-14-17-10(9)15-12(13)16-11/h3-5H,6H2,1-2H3,(H3,13,14,15,16,17). The number of aromatic nitrogens is 4. The van der Waals surface area contributed by atoms with Crippen molar-refractivity contribution in [3.05, 3.63) is 29.9 Å². The topological polar surface area (TPSA) is 96.9 Å². The lowest BCUT2D eigenvalue weighted by atomic mass is 10.3. The Labute approximate surface area is 109 Å². The van der Waals surface area contributed by atoms with Crippen molar-refractivity contribution < 1.29 is 4.42 Å². The Morgan fingerprint density at radius 2 is 2.21 bits per heavy atom. The lowest BCUT2D eigenvalue weighted by Gasteiger charge is -2.17. The highest BCUT2D eigenvalue weighted by atomic mass is 16.3. The molecule has 3 aromatic heterocycles. The maximum Gasteiger partial charge on any atom is 0.224 e. The zero-order chi connectivity index (χ0) is 13.4. The number of nitrogen functional groups attached to an aromatic ring is 1. The van der Waals surface area contributed by atoms with Crippen LogP contribution < -0.4 is 10.6 Å². The highest BCUT2D eigenvalue weighted by molar-refractivity contribution is 5.87. The molecule has 3 N–H and O–H groups in total. The van der Waals surface area contributed by atoms with E-state index in [-0.39, 0.29) is 5.95 Å². The number of fused-ring (bicyclic) bond motifs is 1. The van der Waals surface area contributed by atoms with Gasteiger partial charge in [0.15, 0.2) is 5.65 Å². The van der Waals surface area contributed by atoms with Gasteiger partial charge in [0.25, 0.3) is 0 Å². The van der Waals surface area contributed by atoms with Gasteiger partial charge in [-0.3, -0.25) is 5.10 Å². The van der Waals surface area contributed by atoms with E-state index in [9.17, 15) is 0 Å². The summed E-state index contributed by atoms with van der Waals surface area (Å²) in [6.07, 6.45) is 1.69. The molecule has 3 aromatic rings. The number of aryl methyl sites for hydroxylation is 1. The molecule has 3 rings (SSSR count). The fourth-order valence-electron chi connectivity index (χ4n) is 2.01. The molecule has 7 nitrogen and oxygen atoms in total. The molecule has 0 aromatic carbocycles. The fraction of sp³-hybridized carbons (Fsp3) is 0.250. The second-order valence-electron chi connectivity index (χ2n) is 4.41. The van der Waals surface area contributed by atoms with E-state index in [1.807, 2.05) is 31.0 Å². The summed E-state index contributed by atoms with van der Waals surface area (Å²) in [5.74, 6) is 2.70. The number of nitrogens with one attached hydrogen (secondary N) is 1. The number of hydrogen-bond donors (Lipinski definition) is 2. The van der Waals surface area contributed by atoms with Crippen LogP contribution in [0.1, 0.15) is 11.5 Å². The predicted molar refractivity (Wildman–Crippen MR) is 71.6 cm³/mol. The van der Waals surface area contributed by atoms with E-state index in [4.69, 9.17) is 10.2 Å². The first-order chi connectivity index (χ1) is 9.13. The van der Waals surface area contributed by atoms with Gasteiger partial charge in [0.2, 0.25) is 5.95 Å². The van der Waals surface area contributed by atoms with Crippen LogP contribution in [0.25, 0.3) is 11.0 Å². The normalized spacial score (nSPS) is 11.1. The first-order valence-electron chi connectivity index (χ1n) is 5.86. The van der Waals surface area contributed by atoms with Gasteiger partial charge in [-0.1, -0.05) is 0 Å². The van der Waals surface area contributed by atoms with Crippen LogP contribution in [0.4, 0.5) is 11.8 Å². The minimum Gasteiger partial charge on any atom is -0.464 e. The first-order valence-corrected chi connectivity index (χ1v) is 5.86. The van der Waals surface area contributed by atoms with E-state index in [0.717, 1.165) is 22.7 Å². The summed E-state index contributed by atoms with van der Waals surface area (Å²) in [5, 5.41) is 7.59. The van der Waals surface area contributed by atoms with Crippen molar-refractivity contribution in [3.8, 4) is 0 Å². The summed E-state index contributed by atoms with van der Waals surface area (Å²) >= 11 is 0. The molecule has 0 aliphatic heterocycles. The van der Waals surface area contributed by atoms with Crippen LogP contribution in [-0.2, 0) is 6.54 Å². The Bertz CT molecular complexity index is 716. The summed E-state index contributed by atoms with van der Waals surface area (Å²) in [6.45, 7) is 2.52. The number of furan rings is 1. The SMILES string of the molecule is Cc1ccc(CN(C)c2nc(N)nc3[nH]ncc23)o1. The third-order valence-electron chi connectivity index (χ3n) is 2.86. The Morgan fingerprint density at radius 3 is 2.95 bits per heavy atom. The van der Waals surface area contributed by atoms with Crippen LogP contribution in [0.5, 0.6) is 0 Å². The molecule has 0 spiro atoms. The average Bonchev–Trinajstić information content (AvgIpc) is 2.96. The quantitative estimate of drug-likeness (QED) is 0.738. The molecule has 0 fully saturated rings. The molecule has 0 unspecified atom stereocenters. The Morgan fingerprint density at radius 1 is 1.37 bits per heavy atom. The fourth-order valence-corrected chi connectivity index (χ4v) is 2.01. The first kappa shape index (κ1) is 11.5. The third kappa shape index (κ3) is 2.10.